The van der Waals surface area contributed by atoms with Crippen molar-refractivity contribution in [1.82, 2.24) is 0 Å². The van der Waals surface area contributed by atoms with Crippen LogP contribution in [0.5, 0.6) is 5.75 Å². The van der Waals surface area contributed by atoms with E-state index in [2.05, 4.69) is 0 Å². The van der Waals surface area contributed by atoms with Gasteiger partial charge in [-0.25, -0.2) is 0 Å². The molecule has 94 valence electrons. The topological polar surface area (TPSA) is 40.5 Å². The Morgan fingerprint density at radius 1 is 1.29 bits per heavy atom. The van der Waals surface area contributed by atoms with E-state index in [4.69, 9.17) is 11.6 Å². The van der Waals surface area contributed by atoms with Crippen LogP contribution in [0, 0.1) is 0 Å². The quantitative estimate of drug-likeness (QED) is 0.863. The molecular formula is C11H10ClF3O2. The number of phenolic OH excluding ortho intramolecular Hbond substituents is 1. The molecule has 17 heavy (non-hydrogen) atoms. The maximum Gasteiger partial charge on any atom is 0.416 e. The Bertz CT molecular complexity index is 453. The van der Waals surface area contributed by atoms with Gasteiger partial charge in [-0.2, -0.15) is 13.2 Å². The average Bonchev–Trinajstić information content (AvgIpc) is 2.89. The van der Waals surface area contributed by atoms with Crippen molar-refractivity contribution in [2.45, 2.75) is 31.0 Å². The summed E-state index contributed by atoms with van der Waals surface area (Å²) < 4.78 is 37.6. The van der Waals surface area contributed by atoms with Gasteiger partial charge in [0.2, 0.25) is 0 Å². The summed E-state index contributed by atoms with van der Waals surface area (Å²) in [7, 11) is 0. The van der Waals surface area contributed by atoms with Crippen molar-refractivity contribution in [1.29, 1.82) is 0 Å². The molecule has 0 aliphatic heterocycles. The largest absolute Gasteiger partial charge is 0.506 e. The van der Waals surface area contributed by atoms with Gasteiger partial charge in [0.25, 0.3) is 0 Å². The first-order valence-electron chi connectivity index (χ1n) is 5.02. The first-order valence-corrected chi connectivity index (χ1v) is 5.40. The molecule has 1 aliphatic rings. The highest BCUT2D eigenvalue weighted by atomic mass is 35.5. The fourth-order valence-electron chi connectivity index (χ4n) is 1.63. The van der Waals surface area contributed by atoms with Gasteiger partial charge in [-0.15, -0.1) is 0 Å². The Morgan fingerprint density at radius 3 is 2.35 bits per heavy atom. The van der Waals surface area contributed by atoms with Gasteiger partial charge in [0, 0.05) is 6.42 Å². The molecule has 0 atom stereocenters. The second-order valence-corrected chi connectivity index (χ2v) is 4.77. The Kier molecular flexibility index (Phi) is 2.78. The van der Waals surface area contributed by atoms with Crippen molar-refractivity contribution in [3.8, 4) is 5.75 Å². The van der Waals surface area contributed by atoms with Crippen LogP contribution in [0.3, 0.4) is 0 Å². The number of rotatable bonds is 2. The second-order valence-electron chi connectivity index (χ2n) is 4.36. The number of aromatic hydroxyl groups is 1. The highest BCUT2D eigenvalue weighted by molar-refractivity contribution is 6.32. The van der Waals surface area contributed by atoms with Gasteiger partial charge in [0.05, 0.1) is 16.2 Å². The number of hydrogen-bond acceptors (Lipinski definition) is 2. The molecule has 0 radical (unpaired) electrons. The molecule has 0 aromatic heterocycles. The Hall–Kier alpha value is -0.940. The summed E-state index contributed by atoms with van der Waals surface area (Å²) in [6, 6.07) is 1.51. The number of phenols is 1. The van der Waals surface area contributed by atoms with Gasteiger partial charge < -0.3 is 10.2 Å². The van der Waals surface area contributed by atoms with Gasteiger partial charge in [-0.05, 0) is 30.5 Å². The molecular weight excluding hydrogens is 257 g/mol. The zero-order chi connectivity index (χ0) is 12.8. The lowest BCUT2D eigenvalue weighted by atomic mass is 10.0. The monoisotopic (exact) mass is 266 g/mol. The van der Waals surface area contributed by atoms with Gasteiger partial charge in [-0.3, -0.25) is 0 Å². The van der Waals surface area contributed by atoms with Crippen molar-refractivity contribution < 1.29 is 23.4 Å². The number of benzene rings is 1. The molecule has 0 saturated heterocycles. The maximum absolute atomic E-state index is 12.5. The molecule has 1 aliphatic carbocycles. The van der Waals surface area contributed by atoms with Crippen LogP contribution < -0.4 is 0 Å². The predicted octanol–water partition coefficient (Wildman–Crippen LogP) is 3.13. The SMILES string of the molecule is Oc1c(Cl)cc(C(F)(F)F)cc1CC1(O)CC1. The minimum Gasteiger partial charge on any atom is -0.506 e. The van der Waals surface area contributed by atoms with Crippen molar-refractivity contribution in [2.75, 3.05) is 0 Å². The zero-order valence-corrected chi connectivity index (χ0v) is 9.44. The van der Waals surface area contributed by atoms with Crippen LogP contribution in [0.15, 0.2) is 12.1 Å². The zero-order valence-electron chi connectivity index (χ0n) is 8.68. The molecule has 1 aromatic carbocycles. The molecule has 0 unspecified atom stereocenters. The summed E-state index contributed by atoms with van der Waals surface area (Å²) in [4.78, 5) is 0. The number of aliphatic hydroxyl groups is 1. The van der Waals surface area contributed by atoms with Crippen LogP contribution in [0.2, 0.25) is 5.02 Å². The third kappa shape index (κ3) is 2.66. The van der Waals surface area contributed by atoms with E-state index in [0.717, 1.165) is 6.07 Å². The molecule has 0 spiro atoms. The van der Waals surface area contributed by atoms with Crippen molar-refractivity contribution in [3.63, 3.8) is 0 Å². The third-order valence-electron chi connectivity index (χ3n) is 2.82. The van der Waals surface area contributed by atoms with Crippen LogP contribution in [-0.2, 0) is 12.6 Å². The normalized spacial score (nSPS) is 18.2. The van der Waals surface area contributed by atoms with Crippen LogP contribution in [0.1, 0.15) is 24.0 Å². The fourth-order valence-corrected chi connectivity index (χ4v) is 1.87. The Balaban J connectivity index is 2.39. The van der Waals surface area contributed by atoms with Crippen LogP contribution in [0.4, 0.5) is 13.2 Å². The summed E-state index contributed by atoms with van der Waals surface area (Å²) in [5, 5.41) is 18.9. The summed E-state index contributed by atoms with van der Waals surface area (Å²) in [5.74, 6) is -0.389. The van der Waals surface area contributed by atoms with Crippen LogP contribution in [-0.4, -0.2) is 15.8 Å². The molecule has 0 heterocycles. The maximum atomic E-state index is 12.5. The van der Waals surface area contributed by atoms with E-state index >= 15 is 0 Å². The minimum absolute atomic E-state index is 0.0114. The van der Waals surface area contributed by atoms with Gasteiger partial charge in [0.1, 0.15) is 5.75 Å². The standard InChI is InChI=1S/C11H10ClF3O2/c12-8-4-7(11(13,14)15)3-6(9(8)16)5-10(17)1-2-10/h3-4,16-17H,1-2,5H2. The van der Waals surface area contributed by atoms with E-state index in [9.17, 15) is 23.4 Å². The summed E-state index contributed by atoms with van der Waals surface area (Å²) in [5.41, 5.74) is -1.87. The highest BCUT2D eigenvalue weighted by Crippen LogP contribution is 2.43. The summed E-state index contributed by atoms with van der Waals surface area (Å²) in [6.07, 6.45) is -3.47. The van der Waals surface area contributed by atoms with E-state index < -0.39 is 17.3 Å². The van der Waals surface area contributed by atoms with E-state index in [1.54, 1.807) is 0 Å². The van der Waals surface area contributed by atoms with E-state index in [1.165, 1.54) is 0 Å². The second kappa shape index (κ2) is 3.78. The molecule has 0 bridgehead atoms. The molecule has 2 nitrogen and oxygen atoms in total. The lowest BCUT2D eigenvalue weighted by Crippen LogP contribution is -2.13. The number of alkyl halides is 3. The van der Waals surface area contributed by atoms with Crippen LogP contribution in [0.25, 0.3) is 0 Å². The molecule has 1 aromatic rings. The van der Waals surface area contributed by atoms with Crippen molar-refractivity contribution in [3.05, 3.63) is 28.3 Å². The van der Waals surface area contributed by atoms with E-state index in [0.29, 0.717) is 18.9 Å². The van der Waals surface area contributed by atoms with Gasteiger partial charge >= 0.3 is 6.18 Å². The molecule has 1 fully saturated rings. The molecule has 6 heteroatoms. The van der Waals surface area contributed by atoms with E-state index in [-0.39, 0.29) is 22.8 Å². The van der Waals surface area contributed by atoms with Gasteiger partial charge in [0.15, 0.2) is 0 Å². The van der Waals surface area contributed by atoms with Gasteiger partial charge in [-0.1, -0.05) is 11.6 Å². The van der Waals surface area contributed by atoms with Crippen molar-refractivity contribution >= 4 is 11.6 Å². The van der Waals surface area contributed by atoms with E-state index in [1.807, 2.05) is 0 Å². The summed E-state index contributed by atoms with van der Waals surface area (Å²) in [6.45, 7) is 0. The Labute approximate surface area is 101 Å². The Morgan fingerprint density at radius 2 is 1.88 bits per heavy atom. The lowest BCUT2D eigenvalue weighted by Gasteiger charge is -2.14. The average molecular weight is 267 g/mol. The van der Waals surface area contributed by atoms with Crippen LogP contribution >= 0.6 is 11.6 Å². The predicted molar refractivity (Wildman–Crippen MR) is 56.0 cm³/mol. The molecule has 2 rings (SSSR count). The smallest absolute Gasteiger partial charge is 0.416 e. The fraction of sp³-hybridized carbons (Fsp3) is 0.455. The molecule has 0 amide bonds. The highest BCUT2D eigenvalue weighted by Gasteiger charge is 2.41. The number of hydrogen-bond donors (Lipinski definition) is 2. The first-order chi connectivity index (χ1) is 7.71. The summed E-state index contributed by atoms with van der Waals surface area (Å²) >= 11 is 5.54. The molecule has 2 N–H and O–H groups in total. The third-order valence-corrected chi connectivity index (χ3v) is 3.10. The first kappa shape index (κ1) is 12.5. The minimum atomic E-state index is -4.52. The number of halogens is 4. The van der Waals surface area contributed by atoms with Crippen molar-refractivity contribution in [2.24, 2.45) is 0 Å². The lowest BCUT2D eigenvalue weighted by molar-refractivity contribution is -0.137. The molecule has 1 saturated carbocycles.